The lowest BCUT2D eigenvalue weighted by molar-refractivity contribution is -0.871. The van der Waals surface area contributed by atoms with Gasteiger partial charge in [0.05, 0.1) is 64.9 Å². The summed E-state index contributed by atoms with van der Waals surface area (Å²) in [4.78, 5) is 18.5. The number of fused-ring (bicyclic) bond motifs is 6. The van der Waals surface area contributed by atoms with Crippen LogP contribution in [0.25, 0.3) is 32.6 Å². The fourth-order valence-electron chi connectivity index (χ4n) is 4.19. The number of hydrogen-bond acceptors (Lipinski definition) is 6. The summed E-state index contributed by atoms with van der Waals surface area (Å²) in [6.07, 6.45) is 1.82. The van der Waals surface area contributed by atoms with Crippen LogP contribution in [0.5, 0.6) is 23.0 Å². The minimum absolute atomic E-state index is 0. The van der Waals surface area contributed by atoms with Crippen LogP contribution in [-0.2, 0) is 6.54 Å². The maximum absolute atomic E-state index is 13.8. The predicted octanol–water partition coefficient (Wildman–Crippen LogP) is 0.159. The van der Waals surface area contributed by atoms with E-state index in [9.17, 15) is 4.79 Å². The fourth-order valence-corrected chi connectivity index (χ4v) is 4.19. The molecule has 0 unspecified atom stereocenters. The van der Waals surface area contributed by atoms with E-state index < -0.39 is 0 Å². The van der Waals surface area contributed by atoms with Gasteiger partial charge in [-0.2, -0.15) is 0 Å². The van der Waals surface area contributed by atoms with E-state index in [0.717, 1.165) is 38.2 Å². The summed E-state index contributed by atoms with van der Waals surface area (Å²) >= 11 is 0. The molecule has 33 heavy (non-hydrogen) atoms. The number of halogens is 1. The second-order valence-corrected chi connectivity index (χ2v) is 8.97. The molecule has 0 saturated carbocycles. The van der Waals surface area contributed by atoms with Crippen molar-refractivity contribution in [1.29, 1.82) is 0 Å². The van der Waals surface area contributed by atoms with Crippen LogP contribution in [0.4, 0.5) is 0 Å². The maximum atomic E-state index is 13.8. The van der Waals surface area contributed by atoms with Crippen LogP contribution < -0.4 is 48.5 Å². The van der Waals surface area contributed by atoms with Crippen molar-refractivity contribution < 1.29 is 47.4 Å². The van der Waals surface area contributed by atoms with Gasteiger partial charge in [0.2, 0.25) is 6.79 Å². The minimum atomic E-state index is -0.0768. The topological polar surface area (TPSA) is 71.8 Å². The average molecular weight is 563 g/mol. The van der Waals surface area contributed by atoms with Crippen LogP contribution in [0, 0.1) is 0 Å². The summed E-state index contributed by atoms with van der Waals surface area (Å²) in [5.74, 6) is 2.41. The second-order valence-electron chi connectivity index (χ2n) is 8.97. The number of methoxy groups -OCH3 is 2. The van der Waals surface area contributed by atoms with Crippen LogP contribution in [-0.4, -0.2) is 62.7 Å². The monoisotopic (exact) mass is 563 g/mol. The molecular weight excluding hydrogens is 537 g/mol. The molecule has 0 bridgehead atoms. The largest absolute Gasteiger partial charge is 1.00 e. The first kappa shape index (κ1) is 23.4. The van der Waals surface area contributed by atoms with Gasteiger partial charge >= 0.3 is 0 Å². The van der Waals surface area contributed by atoms with Crippen LogP contribution in [0.15, 0.2) is 35.3 Å². The molecule has 9 heteroatoms. The van der Waals surface area contributed by atoms with Gasteiger partial charge in [-0.1, -0.05) is 0 Å². The van der Waals surface area contributed by atoms with Crippen molar-refractivity contribution in [2.24, 2.45) is 0 Å². The number of hydrogen-bond donors (Lipinski definition) is 0. The zero-order chi connectivity index (χ0) is 22.6. The Kier molecular flexibility index (Phi) is 6.04. The van der Waals surface area contributed by atoms with Gasteiger partial charge in [0, 0.05) is 28.4 Å². The molecule has 0 saturated heterocycles. The number of nitrogens with zero attached hydrogens (tertiary/aromatic N) is 3. The quantitative estimate of drug-likeness (QED) is 0.196. The molecule has 1 aliphatic rings. The number of aromatic nitrogens is 2. The first-order valence-corrected chi connectivity index (χ1v) is 10.4. The number of benzene rings is 2. The molecule has 0 atom stereocenters. The van der Waals surface area contributed by atoms with E-state index in [2.05, 4.69) is 26.1 Å². The van der Waals surface area contributed by atoms with Crippen LogP contribution in [0.2, 0.25) is 0 Å². The van der Waals surface area contributed by atoms with Crippen molar-refractivity contribution >= 4 is 32.6 Å². The number of quaternary nitrogens is 1. The Hall–Kier alpha value is -2.79. The highest BCUT2D eigenvalue weighted by atomic mass is 127. The van der Waals surface area contributed by atoms with Crippen LogP contribution >= 0.6 is 0 Å². The normalized spacial score (nSPS) is 12.9. The molecule has 0 spiro atoms. The molecule has 2 aromatic carbocycles. The van der Waals surface area contributed by atoms with Gasteiger partial charge < -0.3 is 52.0 Å². The van der Waals surface area contributed by atoms with E-state index in [4.69, 9.17) is 18.9 Å². The Labute approximate surface area is 208 Å². The van der Waals surface area contributed by atoms with Gasteiger partial charge in [-0.05, 0) is 18.2 Å². The Morgan fingerprint density at radius 3 is 2.21 bits per heavy atom. The minimum Gasteiger partial charge on any atom is -1.00 e. The van der Waals surface area contributed by atoms with Gasteiger partial charge in [0.15, 0.2) is 23.0 Å². The van der Waals surface area contributed by atoms with Crippen molar-refractivity contribution in [1.82, 2.24) is 9.55 Å². The Bertz CT molecular complexity index is 1440. The summed E-state index contributed by atoms with van der Waals surface area (Å²) in [5.41, 5.74) is 1.50. The zero-order valence-corrected chi connectivity index (χ0v) is 21.4. The molecule has 0 fully saturated rings. The summed E-state index contributed by atoms with van der Waals surface area (Å²) in [6.45, 7) is 1.51. The number of likely N-dealkylation sites (N-methyl/N-ethyl adjacent to an activating group) is 1. The number of pyridine rings is 2. The molecular formula is C24H26IN3O5. The van der Waals surface area contributed by atoms with Gasteiger partial charge in [-0.25, -0.2) is 0 Å². The van der Waals surface area contributed by atoms with Crippen molar-refractivity contribution in [3.63, 3.8) is 0 Å². The molecule has 5 rings (SSSR count). The molecule has 2 aromatic heterocycles. The predicted molar refractivity (Wildman–Crippen MR) is 123 cm³/mol. The average Bonchev–Trinajstić information content (AvgIpc) is 3.23. The van der Waals surface area contributed by atoms with E-state index >= 15 is 0 Å². The summed E-state index contributed by atoms with van der Waals surface area (Å²) in [7, 11) is 9.49. The third-order valence-electron chi connectivity index (χ3n) is 5.89. The third-order valence-corrected chi connectivity index (χ3v) is 5.89. The maximum Gasteiger partial charge on any atom is 0.259 e. The lowest BCUT2D eigenvalue weighted by atomic mass is 10.0. The van der Waals surface area contributed by atoms with Gasteiger partial charge in [0.1, 0.15) is 0 Å². The van der Waals surface area contributed by atoms with E-state index in [1.54, 1.807) is 20.3 Å². The SMILES string of the molecule is COc1cc2c(=O)n(CC[N+](C)(C)C)c3c4cc5c(cc4ncc3c2cc1OC)OCO5.[I-]. The van der Waals surface area contributed by atoms with E-state index in [0.29, 0.717) is 34.9 Å². The number of rotatable bonds is 5. The van der Waals surface area contributed by atoms with Crippen molar-refractivity contribution in [3.05, 3.63) is 40.8 Å². The first-order valence-electron chi connectivity index (χ1n) is 10.4. The number of ether oxygens (including phenoxy) is 4. The molecule has 3 heterocycles. The van der Waals surface area contributed by atoms with Gasteiger partial charge in [0.25, 0.3) is 5.56 Å². The van der Waals surface area contributed by atoms with E-state index in [1.807, 2.05) is 29.0 Å². The van der Waals surface area contributed by atoms with Crippen molar-refractivity contribution in [2.45, 2.75) is 6.54 Å². The lowest BCUT2D eigenvalue weighted by Gasteiger charge is -2.25. The molecule has 174 valence electrons. The summed E-state index contributed by atoms with van der Waals surface area (Å²) in [6, 6.07) is 7.39. The Balaban J connectivity index is 0.00000259. The molecule has 0 amide bonds. The molecule has 0 aliphatic carbocycles. The van der Waals surface area contributed by atoms with Crippen LogP contribution in [0.1, 0.15) is 0 Å². The molecule has 4 aromatic rings. The smallest absolute Gasteiger partial charge is 0.259 e. The van der Waals surface area contributed by atoms with E-state index in [-0.39, 0.29) is 36.3 Å². The Morgan fingerprint density at radius 1 is 0.939 bits per heavy atom. The first-order chi connectivity index (χ1) is 15.3. The lowest BCUT2D eigenvalue weighted by Crippen LogP contribution is -3.00. The highest BCUT2D eigenvalue weighted by Crippen LogP contribution is 2.40. The summed E-state index contributed by atoms with van der Waals surface area (Å²) in [5, 5.41) is 3.06. The molecule has 1 aliphatic heterocycles. The molecule has 0 N–H and O–H groups in total. The highest BCUT2D eigenvalue weighted by Gasteiger charge is 2.21. The van der Waals surface area contributed by atoms with Gasteiger partial charge in [-0.3, -0.25) is 9.78 Å². The molecule has 0 radical (unpaired) electrons. The third kappa shape index (κ3) is 3.93. The Morgan fingerprint density at radius 2 is 1.58 bits per heavy atom. The summed E-state index contributed by atoms with van der Waals surface area (Å²) < 4.78 is 24.7. The van der Waals surface area contributed by atoms with Gasteiger partial charge in [-0.15, -0.1) is 0 Å². The molecule has 8 nitrogen and oxygen atoms in total. The van der Waals surface area contributed by atoms with Crippen molar-refractivity contribution in [3.8, 4) is 23.0 Å². The second kappa shape index (κ2) is 8.53. The standard InChI is InChI=1S/C24H26N3O5.HI/c1-27(2,3)7-6-26-23-16-10-21-22(32-13-31-21)11-18(16)25-12-17(23)14-8-19(29-4)20(30-5)9-15(14)24(26)28;/h8-12H,6-7,13H2,1-5H3;1H/q+1;/p-1. The van der Waals surface area contributed by atoms with Crippen LogP contribution in [0.3, 0.4) is 0 Å². The highest BCUT2D eigenvalue weighted by molar-refractivity contribution is 6.15. The van der Waals surface area contributed by atoms with Crippen molar-refractivity contribution in [2.75, 3.05) is 48.7 Å². The zero-order valence-electron chi connectivity index (χ0n) is 19.3. The fraction of sp³-hybridized carbons (Fsp3) is 0.333. The van der Waals surface area contributed by atoms with E-state index in [1.165, 1.54) is 0 Å².